The summed E-state index contributed by atoms with van der Waals surface area (Å²) in [6, 6.07) is 8.64. The van der Waals surface area contributed by atoms with Gasteiger partial charge in [0.05, 0.1) is 0 Å². The molecule has 0 radical (unpaired) electrons. The molecule has 5 atom stereocenters. The Morgan fingerprint density at radius 3 is 2.32 bits per heavy atom. The van der Waals surface area contributed by atoms with Gasteiger partial charge in [-0.05, 0) is 18.4 Å². The van der Waals surface area contributed by atoms with Gasteiger partial charge in [-0.15, -0.1) is 0 Å². The van der Waals surface area contributed by atoms with Gasteiger partial charge in [-0.1, -0.05) is 44.2 Å². The van der Waals surface area contributed by atoms with Crippen LogP contribution in [0.2, 0.25) is 0 Å². The van der Waals surface area contributed by atoms with E-state index in [0.717, 1.165) is 0 Å². The standard InChI is InChI=1S/C21H30O7/c1-3-8-15(22)18(25)19-21(27,12-14-10-6-5-7-11-14)20(26,13-17(24)28-19)16(23)9-4-2/h5-7,10-11,17-19,24-27H,3-4,8-9,12-13H2,1-2H3/t17-,18?,19+,20-,21+/m0/s1. The Morgan fingerprint density at radius 2 is 1.75 bits per heavy atom. The van der Waals surface area contributed by atoms with Crippen LogP contribution in [0.4, 0.5) is 0 Å². The van der Waals surface area contributed by atoms with Crippen molar-refractivity contribution in [1.29, 1.82) is 0 Å². The molecule has 1 aromatic carbocycles. The van der Waals surface area contributed by atoms with Crippen molar-refractivity contribution in [2.75, 3.05) is 0 Å². The van der Waals surface area contributed by atoms with Gasteiger partial charge in [-0.2, -0.15) is 0 Å². The van der Waals surface area contributed by atoms with Crippen LogP contribution < -0.4 is 0 Å². The molecule has 0 spiro atoms. The van der Waals surface area contributed by atoms with Gasteiger partial charge >= 0.3 is 0 Å². The molecule has 1 unspecified atom stereocenters. The second kappa shape index (κ2) is 9.24. The number of hydrogen-bond donors (Lipinski definition) is 4. The van der Waals surface area contributed by atoms with Gasteiger partial charge in [-0.3, -0.25) is 9.59 Å². The van der Waals surface area contributed by atoms with Crippen molar-refractivity contribution in [1.82, 2.24) is 0 Å². The Kier molecular flexibility index (Phi) is 7.47. The zero-order chi connectivity index (χ0) is 20.9. The van der Waals surface area contributed by atoms with E-state index in [2.05, 4.69) is 0 Å². The van der Waals surface area contributed by atoms with Crippen LogP contribution in [0, 0.1) is 0 Å². The molecule has 1 aliphatic heterocycles. The molecule has 4 N–H and O–H groups in total. The number of ketones is 2. The van der Waals surface area contributed by atoms with Gasteiger partial charge in [0, 0.05) is 25.7 Å². The van der Waals surface area contributed by atoms with Crippen molar-refractivity contribution >= 4 is 11.6 Å². The zero-order valence-corrected chi connectivity index (χ0v) is 16.4. The summed E-state index contributed by atoms with van der Waals surface area (Å²) in [6.45, 7) is 3.52. The van der Waals surface area contributed by atoms with Gasteiger partial charge in [-0.25, -0.2) is 0 Å². The van der Waals surface area contributed by atoms with Crippen molar-refractivity contribution in [3.8, 4) is 0 Å². The van der Waals surface area contributed by atoms with Gasteiger partial charge in [0.15, 0.2) is 23.5 Å². The smallest absolute Gasteiger partial charge is 0.167 e. The van der Waals surface area contributed by atoms with E-state index in [-0.39, 0.29) is 19.3 Å². The quantitative estimate of drug-likeness (QED) is 0.490. The molecule has 1 aromatic rings. The zero-order valence-electron chi connectivity index (χ0n) is 16.4. The maximum absolute atomic E-state index is 12.8. The van der Waals surface area contributed by atoms with E-state index in [9.17, 15) is 30.0 Å². The number of aliphatic hydroxyl groups excluding tert-OH is 2. The molecule has 1 fully saturated rings. The van der Waals surface area contributed by atoms with Crippen molar-refractivity contribution in [3.63, 3.8) is 0 Å². The number of benzene rings is 1. The molecule has 0 bridgehead atoms. The summed E-state index contributed by atoms with van der Waals surface area (Å²) in [5.74, 6) is -1.24. The van der Waals surface area contributed by atoms with Crippen LogP contribution in [-0.2, 0) is 20.7 Å². The number of carbonyl (C=O) groups is 2. The first-order valence-electron chi connectivity index (χ1n) is 9.75. The van der Waals surface area contributed by atoms with Crippen LogP contribution in [0.15, 0.2) is 30.3 Å². The Morgan fingerprint density at radius 1 is 1.14 bits per heavy atom. The lowest BCUT2D eigenvalue weighted by Gasteiger charge is -2.52. The van der Waals surface area contributed by atoms with Gasteiger partial charge < -0.3 is 25.2 Å². The van der Waals surface area contributed by atoms with Gasteiger partial charge in [0.2, 0.25) is 0 Å². The number of Topliss-reactive ketones (excluding diaryl/α,β-unsaturated/α-hetero) is 2. The topological polar surface area (TPSA) is 124 Å². The highest BCUT2D eigenvalue weighted by atomic mass is 16.6. The summed E-state index contributed by atoms with van der Waals surface area (Å²) < 4.78 is 5.35. The first kappa shape index (κ1) is 22.6. The van der Waals surface area contributed by atoms with Crippen molar-refractivity contribution < 1.29 is 34.8 Å². The molecule has 0 amide bonds. The molecule has 0 saturated carbocycles. The number of ether oxygens (including phenoxy) is 1. The molecule has 0 aromatic heterocycles. The van der Waals surface area contributed by atoms with Gasteiger partial charge in [0.1, 0.15) is 17.8 Å². The highest BCUT2D eigenvalue weighted by molar-refractivity contribution is 5.90. The fourth-order valence-corrected chi connectivity index (χ4v) is 3.84. The first-order chi connectivity index (χ1) is 13.2. The number of rotatable bonds is 9. The summed E-state index contributed by atoms with van der Waals surface area (Å²) >= 11 is 0. The lowest BCUT2D eigenvalue weighted by atomic mass is 9.66. The third kappa shape index (κ3) is 4.34. The van der Waals surface area contributed by atoms with Crippen LogP contribution in [0.3, 0.4) is 0 Å². The largest absolute Gasteiger partial charge is 0.383 e. The molecule has 7 nitrogen and oxygen atoms in total. The molecule has 7 heteroatoms. The van der Waals surface area contributed by atoms with Crippen molar-refractivity contribution in [2.45, 2.75) is 82.1 Å². The summed E-state index contributed by atoms with van der Waals surface area (Å²) in [6.07, 6.45) is -4.88. The predicted octanol–water partition coefficient (Wildman–Crippen LogP) is 0.898. The highest BCUT2D eigenvalue weighted by Gasteiger charge is 2.64. The molecular weight excluding hydrogens is 364 g/mol. The maximum Gasteiger partial charge on any atom is 0.167 e. The Balaban J connectivity index is 2.53. The second-order valence-electron chi connectivity index (χ2n) is 7.50. The minimum atomic E-state index is -2.37. The fraction of sp³-hybridized carbons (Fsp3) is 0.619. The SMILES string of the molecule is CCCC(=O)C(O)[C@H]1O[C@H](O)C[C@](O)(C(=O)CCC)[C@@]1(O)Cc1ccccc1. The van der Waals surface area contributed by atoms with E-state index >= 15 is 0 Å². The van der Waals surface area contributed by atoms with Crippen molar-refractivity contribution in [3.05, 3.63) is 35.9 Å². The Bertz CT molecular complexity index is 677. The van der Waals surface area contributed by atoms with Crippen molar-refractivity contribution in [2.24, 2.45) is 0 Å². The number of aliphatic hydroxyl groups is 4. The van der Waals surface area contributed by atoms with E-state index in [1.165, 1.54) is 0 Å². The molecule has 28 heavy (non-hydrogen) atoms. The van der Waals surface area contributed by atoms with Crippen LogP contribution in [0.1, 0.15) is 51.5 Å². The van der Waals surface area contributed by atoms with Crippen LogP contribution >= 0.6 is 0 Å². The van der Waals surface area contributed by atoms with Crippen LogP contribution in [0.5, 0.6) is 0 Å². The molecule has 1 heterocycles. The molecule has 1 saturated heterocycles. The summed E-state index contributed by atoms with van der Waals surface area (Å²) in [5, 5.41) is 43.6. The van der Waals surface area contributed by atoms with Crippen LogP contribution in [-0.4, -0.2) is 61.7 Å². The second-order valence-corrected chi connectivity index (χ2v) is 7.50. The van der Waals surface area contributed by atoms with E-state index < -0.39 is 47.7 Å². The highest BCUT2D eigenvalue weighted by Crippen LogP contribution is 2.42. The van der Waals surface area contributed by atoms with Crippen LogP contribution in [0.25, 0.3) is 0 Å². The monoisotopic (exact) mass is 394 g/mol. The molecule has 0 aliphatic carbocycles. The minimum Gasteiger partial charge on any atom is -0.383 e. The average Bonchev–Trinajstić information content (AvgIpc) is 2.65. The Hall–Kier alpha value is -1.64. The van der Waals surface area contributed by atoms with E-state index in [1.54, 1.807) is 44.2 Å². The molecule has 1 aliphatic rings. The third-order valence-electron chi connectivity index (χ3n) is 5.33. The molecule has 156 valence electrons. The predicted molar refractivity (Wildman–Crippen MR) is 101 cm³/mol. The summed E-state index contributed by atoms with van der Waals surface area (Å²) in [5.41, 5.74) is -4.06. The summed E-state index contributed by atoms with van der Waals surface area (Å²) in [7, 11) is 0. The van der Waals surface area contributed by atoms with E-state index in [1.807, 2.05) is 0 Å². The Labute approximate surface area is 165 Å². The van der Waals surface area contributed by atoms with E-state index in [0.29, 0.717) is 18.4 Å². The number of hydrogen-bond acceptors (Lipinski definition) is 7. The maximum atomic E-state index is 12.8. The molecular formula is C21H30O7. The number of carbonyl (C=O) groups excluding carboxylic acids is 2. The lowest BCUT2D eigenvalue weighted by molar-refractivity contribution is -0.313. The third-order valence-corrected chi connectivity index (χ3v) is 5.33. The fourth-order valence-electron chi connectivity index (χ4n) is 3.84. The van der Waals surface area contributed by atoms with E-state index in [4.69, 9.17) is 4.74 Å². The summed E-state index contributed by atoms with van der Waals surface area (Å²) in [4.78, 5) is 25.1. The molecule has 2 rings (SSSR count). The normalized spacial score (nSPS) is 31.4. The average molecular weight is 394 g/mol. The first-order valence-corrected chi connectivity index (χ1v) is 9.75. The minimum absolute atomic E-state index is 0.0218. The lowest BCUT2D eigenvalue weighted by Crippen LogP contribution is -2.74. The van der Waals surface area contributed by atoms with Gasteiger partial charge in [0.25, 0.3) is 0 Å².